The summed E-state index contributed by atoms with van der Waals surface area (Å²) in [7, 11) is -4.03. The van der Waals surface area contributed by atoms with Gasteiger partial charge >= 0.3 is 0 Å². The molecule has 0 bridgehead atoms. The van der Waals surface area contributed by atoms with E-state index in [4.69, 9.17) is 4.74 Å². The Kier molecular flexibility index (Phi) is 8.48. The first-order chi connectivity index (χ1) is 18.3. The second kappa shape index (κ2) is 12.0. The SMILES string of the molecule is CCOc1ccc(N(CC(=O)NC(c2ccccc2)c2cccc(C)c2)S(=O)(=O)c2ccc(C)cc2)cc1. The van der Waals surface area contributed by atoms with Gasteiger partial charge in [0.15, 0.2) is 0 Å². The van der Waals surface area contributed by atoms with Crippen LogP contribution in [0.15, 0.2) is 108 Å². The van der Waals surface area contributed by atoms with Gasteiger partial charge in [-0.3, -0.25) is 9.10 Å². The lowest BCUT2D eigenvalue weighted by Gasteiger charge is -2.26. The number of nitrogens with one attached hydrogen (secondary N) is 1. The van der Waals surface area contributed by atoms with Crippen LogP contribution in [-0.4, -0.2) is 27.5 Å². The van der Waals surface area contributed by atoms with Gasteiger partial charge in [-0.05, 0) is 68.3 Å². The van der Waals surface area contributed by atoms with Crippen molar-refractivity contribution in [1.29, 1.82) is 0 Å². The number of rotatable bonds is 10. The quantitative estimate of drug-likeness (QED) is 0.282. The fraction of sp³-hybridized carbons (Fsp3) is 0.194. The summed E-state index contributed by atoms with van der Waals surface area (Å²) >= 11 is 0. The van der Waals surface area contributed by atoms with E-state index in [0.29, 0.717) is 18.0 Å². The molecule has 196 valence electrons. The van der Waals surface area contributed by atoms with Crippen molar-refractivity contribution < 1.29 is 17.9 Å². The predicted molar refractivity (Wildman–Crippen MR) is 151 cm³/mol. The Morgan fingerprint density at radius 1 is 0.816 bits per heavy atom. The van der Waals surface area contributed by atoms with E-state index in [9.17, 15) is 13.2 Å². The molecule has 4 aromatic rings. The zero-order valence-electron chi connectivity index (χ0n) is 21.8. The number of nitrogens with zero attached hydrogens (tertiary/aromatic N) is 1. The Balaban J connectivity index is 1.68. The van der Waals surface area contributed by atoms with Gasteiger partial charge in [0, 0.05) is 0 Å². The van der Waals surface area contributed by atoms with Gasteiger partial charge in [0.1, 0.15) is 12.3 Å². The second-order valence-corrected chi connectivity index (χ2v) is 10.9. The summed E-state index contributed by atoms with van der Waals surface area (Å²) in [6, 6.07) is 30.4. The van der Waals surface area contributed by atoms with Crippen LogP contribution in [-0.2, 0) is 14.8 Å². The molecule has 0 saturated carbocycles. The smallest absolute Gasteiger partial charge is 0.264 e. The summed E-state index contributed by atoms with van der Waals surface area (Å²) < 4.78 is 34.2. The van der Waals surface area contributed by atoms with Crippen molar-refractivity contribution in [3.8, 4) is 5.75 Å². The van der Waals surface area contributed by atoms with E-state index in [0.717, 1.165) is 26.6 Å². The monoisotopic (exact) mass is 528 g/mol. The molecular weight excluding hydrogens is 496 g/mol. The van der Waals surface area contributed by atoms with E-state index in [1.54, 1.807) is 48.5 Å². The lowest BCUT2D eigenvalue weighted by Crippen LogP contribution is -2.42. The van der Waals surface area contributed by atoms with Gasteiger partial charge in [0.05, 0.1) is 23.2 Å². The van der Waals surface area contributed by atoms with Crippen LogP contribution in [0.1, 0.15) is 35.2 Å². The average molecular weight is 529 g/mol. The topological polar surface area (TPSA) is 75.7 Å². The molecule has 0 aliphatic heterocycles. The number of anilines is 1. The first-order valence-electron chi connectivity index (χ1n) is 12.5. The Bertz CT molecular complexity index is 1470. The van der Waals surface area contributed by atoms with Crippen LogP contribution in [0.25, 0.3) is 0 Å². The summed E-state index contributed by atoms with van der Waals surface area (Å²) in [6.07, 6.45) is 0. The number of ether oxygens (including phenoxy) is 1. The lowest BCUT2D eigenvalue weighted by atomic mass is 9.97. The van der Waals surface area contributed by atoms with Gasteiger partial charge in [0.2, 0.25) is 5.91 Å². The van der Waals surface area contributed by atoms with Crippen molar-refractivity contribution >= 4 is 21.6 Å². The molecule has 0 radical (unpaired) electrons. The van der Waals surface area contributed by atoms with Crippen LogP contribution in [0.2, 0.25) is 0 Å². The van der Waals surface area contributed by atoms with Crippen molar-refractivity contribution in [3.05, 3.63) is 125 Å². The molecule has 0 heterocycles. The summed E-state index contributed by atoms with van der Waals surface area (Å²) in [5.41, 5.74) is 4.20. The highest BCUT2D eigenvalue weighted by molar-refractivity contribution is 7.92. The molecule has 1 unspecified atom stereocenters. The maximum absolute atomic E-state index is 13.8. The third kappa shape index (κ3) is 6.42. The van der Waals surface area contributed by atoms with Gasteiger partial charge < -0.3 is 10.1 Å². The minimum Gasteiger partial charge on any atom is -0.494 e. The maximum atomic E-state index is 13.8. The zero-order chi connectivity index (χ0) is 27.1. The summed E-state index contributed by atoms with van der Waals surface area (Å²) in [4.78, 5) is 13.6. The molecule has 7 heteroatoms. The molecule has 6 nitrogen and oxygen atoms in total. The van der Waals surface area contributed by atoms with Crippen LogP contribution in [0.5, 0.6) is 5.75 Å². The molecule has 0 saturated heterocycles. The first-order valence-corrected chi connectivity index (χ1v) is 13.9. The number of sulfonamides is 1. The highest BCUT2D eigenvalue weighted by atomic mass is 32.2. The minimum atomic E-state index is -4.03. The molecule has 4 rings (SSSR count). The van der Waals surface area contributed by atoms with Crippen molar-refractivity contribution in [2.45, 2.75) is 31.7 Å². The fourth-order valence-corrected chi connectivity index (χ4v) is 5.64. The van der Waals surface area contributed by atoms with E-state index in [1.807, 2.05) is 75.4 Å². The molecular formula is C31H32N2O4S. The standard InChI is InChI=1S/C31H32N2O4S/c1-4-37-28-17-15-27(16-18-28)33(38(35,36)29-19-13-23(2)14-20-29)22-30(34)32-31(25-10-6-5-7-11-25)26-12-8-9-24(3)21-26/h5-21,31H,4,22H2,1-3H3,(H,32,34). The molecule has 1 atom stereocenters. The molecule has 4 aromatic carbocycles. The normalized spacial score (nSPS) is 12.0. The van der Waals surface area contributed by atoms with E-state index >= 15 is 0 Å². The minimum absolute atomic E-state index is 0.114. The van der Waals surface area contributed by atoms with E-state index in [-0.39, 0.29) is 11.4 Å². The molecule has 0 spiro atoms. The largest absolute Gasteiger partial charge is 0.494 e. The molecule has 0 fully saturated rings. The van der Waals surface area contributed by atoms with Gasteiger partial charge in [-0.25, -0.2) is 8.42 Å². The fourth-order valence-electron chi connectivity index (χ4n) is 4.22. The Morgan fingerprint density at radius 2 is 1.47 bits per heavy atom. The van der Waals surface area contributed by atoms with Crippen molar-refractivity contribution in [2.75, 3.05) is 17.5 Å². The van der Waals surface area contributed by atoms with Crippen LogP contribution in [0.4, 0.5) is 5.69 Å². The molecule has 38 heavy (non-hydrogen) atoms. The van der Waals surface area contributed by atoms with Crippen molar-refractivity contribution in [1.82, 2.24) is 5.32 Å². The van der Waals surface area contributed by atoms with E-state index in [2.05, 4.69) is 5.32 Å². The first kappa shape index (κ1) is 26.9. The second-order valence-electron chi connectivity index (χ2n) is 9.08. The van der Waals surface area contributed by atoms with E-state index < -0.39 is 22.0 Å². The molecule has 1 N–H and O–H groups in total. The number of amides is 1. The van der Waals surface area contributed by atoms with Gasteiger partial charge in [-0.1, -0.05) is 77.9 Å². The van der Waals surface area contributed by atoms with E-state index in [1.165, 1.54) is 0 Å². The van der Waals surface area contributed by atoms with Crippen LogP contribution >= 0.6 is 0 Å². The maximum Gasteiger partial charge on any atom is 0.264 e. The van der Waals surface area contributed by atoms with Crippen LogP contribution < -0.4 is 14.4 Å². The number of hydrogen-bond acceptors (Lipinski definition) is 4. The summed E-state index contributed by atoms with van der Waals surface area (Å²) in [6.45, 7) is 5.87. The van der Waals surface area contributed by atoms with Gasteiger partial charge in [-0.15, -0.1) is 0 Å². The number of carbonyl (C=O) groups is 1. The highest BCUT2D eigenvalue weighted by Gasteiger charge is 2.28. The Morgan fingerprint density at radius 3 is 2.11 bits per heavy atom. The van der Waals surface area contributed by atoms with Gasteiger partial charge in [-0.2, -0.15) is 0 Å². The van der Waals surface area contributed by atoms with Crippen LogP contribution in [0, 0.1) is 13.8 Å². The predicted octanol–water partition coefficient (Wildman–Crippen LogP) is 5.80. The lowest BCUT2D eigenvalue weighted by molar-refractivity contribution is -0.120. The average Bonchev–Trinajstić information content (AvgIpc) is 2.92. The third-order valence-corrected chi connectivity index (χ3v) is 7.93. The molecule has 0 aromatic heterocycles. The highest BCUT2D eigenvalue weighted by Crippen LogP contribution is 2.27. The molecule has 1 amide bonds. The number of carbonyl (C=O) groups excluding carboxylic acids is 1. The summed E-state index contributed by atoms with van der Waals surface area (Å²) in [5, 5.41) is 3.07. The molecule has 0 aliphatic carbocycles. The zero-order valence-corrected chi connectivity index (χ0v) is 22.6. The Hall–Kier alpha value is -4.10. The number of hydrogen-bond donors (Lipinski definition) is 1. The van der Waals surface area contributed by atoms with Crippen LogP contribution in [0.3, 0.4) is 0 Å². The third-order valence-electron chi connectivity index (χ3n) is 6.15. The number of aryl methyl sites for hydroxylation is 2. The summed E-state index contributed by atoms with van der Waals surface area (Å²) in [5.74, 6) is 0.196. The van der Waals surface area contributed by atoms with Crippen molar-refractivity contribution in [2.24, 2.45) is 0 Å². The number of benzene rings is 4. The Labute approximate surface area is 225 Å². The van der Waals surface area contributed by atoms with Crippen molar-refractivity contribution in [3.63, 3.8) is 0 Å². The van der Waals surface area contributed by atoms with Gasteiger partial charge in [0.25, 0.3) is 10.0 Å². The molecule has 0 aliphatic rings.